The van der Waals surface area contributed by atoms with Crippen molar-refractivity contribution in [3.05, 3.63) is 71.8 Å². The van der Waals surface area contributed by atoms with Crippen molar-refractivity contribution in [1.82, 2.24) is 0 Å². The normalized spacial score (nSPS) is 15.4. The highest BCUT2D eigenvalue weighted by molar-refractivity contribution is 5.77. The lowest BCUT2D eigenvalue weighted by Gasteiger charge is -2.33. The van der Waals surface area contributed by atoms with E-state index in [0.717, 1.165) is 11.1 Å². The van der Waals surface area contributed by atoms with Gasteiger partial charge in [0.1, 0.15) is 0 Å². The number of carboxylic acid groups (broad SMARTS) is 1. The summed E-state index contributed by atoms with van der Waals surface area (Å²) in [5.74, 6) is -1.86. The molecule has 2 aromatic carbocycles. The first-order chi connectivity index (χ1) is 9.94. The summed E-state index contributed by atoms with van der Waals surface area (Å²) >= 11 is 0. The first-order valence-electron chi connectivity index (χ1n) is 7.00. The van der Waals surface area contributed by atoms with Crippen LogP contribution < -0.4 is 0 Å². The molecule has 0 amide bonds. The van der Waals surface area contributed by atoms with Crippen molar-refractivity contribution in [3.8, 4) is 0 Å². The van der Waals surface area contributed by atoms with Gasteiger partial charge < -0.3 is 10.2 Å². The van der Waals surface area contributed by atoms with Crippen LogP contribution in [0.3, 0.4) is 0 Å². The first kappa shape index (κ1) is 15.3. The minimum absolute atomic E-state index is 0.182. The lowest BCUT2D eigenvalue weighted by atomic mass is 9.73. The Morgan fingerprint density at radius 1 is 0.952 bits per heavy atom. The summed E-state index contributed by atoms with van der Waals surface area (Å²) in [7, 11) is 0. The van der Waals surface area contributed by atoms with E-state index in [1.165, 1.54) is 6.92 Å². The van der Waals surface area contributed by atoms with Crippen molar-refractivity contribution in [2.75, 3.05) is 0 Å². The molecule has 0 saturated carbocycles. The van der Waals surface area contributed by atoms with Crippen molar-refractivity contribution >= 4 is 5.97 Å². The van der Waals surface area contributed by atoms with E-state index in [4.69, 9.17) is 0 Å². The Bertz CT molecular complexity index is 551. The molecule has 2 aromatic rings. The second-order valence-corrected chi connectivity index (χ2v) is 5.54. The van der Waals surface area contributed by atoms with Gasteiger partial charge in [0.05, 0.1) is 0 Å². The van der Waals surface area contributed by atoms with Crippen LogP contribution in [0.4, 0.5) is 0 Å². The third kappa shape index (κ3) is 3.14. The van der Waals surface area contributed by atoms with E-state index < -0.39 is 17.5 Å². The molecule has 0 spiro atoms. The predicted octanol–water partition coefficient (Wildman–Crippen LogP) is 3.29. The van der Waals surface area contributed by atoms with Crippen molar-refractivity contribution in [3.63, 3.8) is 0 Å². The molecule has 3 heteroatoms. The van der Waals surface area contributed by atoms with Crippen LogP contribution in [0.5, 0.6) is 0 Å². The topological polar surface area (TPSA) is 57.5 Å². The summed E-state index contributed by atoms with van der Waals surface area (Å²) in [5.41, 5.74) is 0.200. The van der Waals surface area contributed by atoms with Gasteiger partial charge in [-0.15, -0.1) is 0 Å². The highest BCUT2D eigenvalue weighted by Crippen LogP contribution is 2.37. The van der Waals surface area contributed by atoms with Gasteiger partial charge >= 0.3 is 5.97 Å². The summed E-state index contributed by atoms with van der Waals surface area (Å²) in [6.07, 6.45) is 0. The third-order valence-electron chi connectivity index (χ3n) is 4.14. The van der Waals surface area contributed by atoms with Gasteiger partial charge in [0, 0.05) is 11.8 Å². The van der Waals surface area contributed by atoms with E-state index in [1.54, 1.807) is 6.92 Å². The number of rotatable bonds is 5. The number of carboxylic acids is 1. The molecule has 0 aliphatic rings. The lowest BCUT2D eigenvalue weighted by molar-refractivity contribution is -0.162. The molecule has 3 nitrogen and oxygen atoms in total. The quantitative estimate of drug-likeness (QED) is 0.885. The first-order valence-corrected chi connectivity index (χ1v) is 7.00. The zero-order chi connectivity index (χ0) is 15.5. The van der Waals surface area contributed by atoms with Gasteiger partial charge in [-0.05, 0) is 18.1 Å². The van der Waals surface area contributed by atoms with Gasteiger partial charge in [0.2, 0.25) is 0 Å². The molecule has 0 fully saturated rings. The fourth-order valence-corrected chi connectivity index (χ4v) is 2.61. The maximum atomic E-state index is 11.4. The second kappa shape index (κ2) is 6.10. The Kier molecular flexibility index (Phi) is 4.43. The molecule has 2 unspecified atom stereocenters. The predicted molar refractivity (Wildman–Crippen MR) is 82.2 cm³/mol. The smallest absolute Gasteiger partial charge is 0.335 e. The molecule has 0 saturated heterocycles. The summed E-state index contributed by atoms with van der Waals surface area (Å²) in [4.78, 5) is 11.4. The number of aliphatic hydroxyl groups is 1. The van der Waals surface area contributed by atoms with Gasteiger partial charge in [-0.25, -0.2) is 4.79 Å². The molecule has 0 bridgehead atoms. The standard InChI is InChI=1S/C18H20O3/c1-13(18(2,21)17(19)20)16(14-9-5-3-6-10-14)15-11-7-4-8-12-15/h3-13,16,21H,1-2H3,(H,19,20). The molecule has 2 rings (SSSR count). The van der Waals surface area contributed by atoms with E-state index >= 15 is 0 Å². The maximum absolute atomic E-state index is 11.4. The summed E-state index contributed by atoms with van der Waals surface area (Å²) < 4.78 is 0. The maximum Gasteiger partial charge on any atom is 0.335 e. The average Bonchev–Trinajstić information content (AvgIpc) is 2.49. The van der Waals surface area contributed by atoms with E-state index in [1.807, 2.05) is 60.7 Å². The fraction of sp³-hybridized carbons (Fsp3) is 0.278. The minimum atomic E-state index is -1.80. The van der Waals surface area contributed by atoms with Gasteiger partial charge in [-0.2, -0.15) is 0 Å². The highest BCUT2D eigenvalue weighted by Gasteiger charge is 2.41. The van der Waals surface area contributed by atoms with Gasteiger partial charge in [-0.3, -0.25) is 0 Å². The largest absolute Gasteiger partial charge is 0.479 e. The van der Waals surface area contributed by atoms with Crippen LogP contribution in [0.15, 0.2) is 60.7 Å². The number of aliphatic carboxylic acids is 1. The Hall–Kier alpha value is -2.13. The van der Waals surface area contributed by atoms with Crippen molar-refractivity contribution in [2.45, 2.75) is 25.4 Å². The molecule has 0 aromatic heterocycles. The lowest BCUT2D eigenvalue weighted by Crippen LogP contribution is -2.44. The molecule has 21 heavy (non-hydrogen) atoms. The summed E-state index contributed by atoms with van der Waals surface area (Å²) in [5, 5.41) is 19.7. The van der Waals surface area contributed by atoms with Gasteiger partial charge in [-0.1, -0.05) is 67.6 Å². The molecule has 0 aliphatic heterocycles. The third-order valence-corrected chi connectivity index (χ3v) is 4.14. The van der Waals surface area contributed by atoms with Crippen LogP contribution in [0.2, 0.25) is 0 Å². The summed E-state index contributed by atoms with van der Waals surface area (Å²) in [6, 6.07) is 19.4. The zero-order valence-electron chi connectivity index (χ0n) is 12.2. The van der Waals surface area contributed by atoms with Crippen LogP contribution in [0.1, 0.15) is 30.9 Å². The van der Waals surface area contributed by atoms with E-state index in [2.05, 4.69) is 0 Å². The SMILES string of the molecule is CC(C(c1ccccc1)c1ccccc1)C(C)(O)C(=O)O. The Labute approximate surface area is 124 Å². The number of hydrogen-bond acceptors (Lipinski definition) is 2. The van der Waals surface area contributed by atoms with Crippen LogP contribution in [0, 0.1) is 5.92 Å². The monoisotopic (exact) mass is 284 g/mol. The molecular formula is C18H20O3. The number of benzene rings is 2. The molecule has 0 heterocycles. The van der Waals surface area contributed by atoms with Crippen molar-refractivity contribution in [1.29, 1.82) is 0 Å². The Morgan fingerprint density at radius 2 is 1.33 bits per heavy atom. The second-order valence-electron chi connectivity index (χ2n) is 5.54. The molecule has 110 valence electrons. The Morgan fingerprint density at radius 3 is 1.67 bits per heavy atom. The average molecular weight is 284 g/mol. The molecule has 2 N–H and O–H groups in total. The van der Waals surface area contributed by atoms with Crippen molar-refractivity contribution < 1.29 is 15.0 Å². The molecule has 2 atom stereocenters. The van der Waals surface area contributed by atoms with Crippen molar-refractivity contribution in [2.24, 2.45) is 5.92 Å². The number of carbonyl (C=O) groups is 1. The molecule has 0 aliphatic carbocycles. The van der Waals surface area contributed by atoms with Crippen LogP contribution in [-0.4, -0.2) is 21.8 Å². The highest BCUT2D eigenvalue weighted by atomic mass is 16.4. The fourth-order valence-electron chi connectivity index (χ4n) is 2.61. The van der Waals surface area contributed by atoms with Crippen LogP contribution >= 0.6 is 0 Å². The van der Waals surface area contributed by atoms with Crippen LogP contribution in [-0.2, 0) is 4.79 Å². The van der Waals surface area contributed by atoms with Gasteiger partial charge in [0.25, 0.3) is 0 Å². The van der Waals surface area contributed by atoms with E-state index in [-0.39, 0.29) is 5.92 Å². The molecular weight excluding hydrogens is 264 g/mol. The summed E-state index contributed by atoms with van der Waals surface area (Å²) in [6.45, 7) is 3.14. The molecule has 0 radical (unpaired) electrons. The zero-order valence-corrected chi connectivity index (χ0v) is 12.2. The van der Waals surface area contributed by atoms with Crippen LogP contribution in [0.25, 0.3) is 0 Å². The van der Waals surface area contributed by atoms with Gasteiger partial charge in [0.15, 0.2) is 5.60 Å². The van der Waals surface area contributed by atoms with E-state index in [9.17, 15) is 15.0 Å². The number of hydrogen-bond donors (Lipinski definition) is 2. The van der Waals surface area contributed by atoms with E-state index in [0.29, 0.717) is 0 Å². The minimum Gasteiger partial charge on any atom is -0.479 e. The Balaban J connectivity index is 2.50.